The van der Waals surface area contributed by atoms with Crippen LogP contribution in [0.15, 0.2) is 71.2 Å². The maximum absolute atomic E-state index is 5.94. The summed E-state index contributed by atoms with van der Waals surface area (Å²) in [6, 6.07) is 21.4. The average molecular weight is 423 g/mol. The van der Waals surface area contributed by atoms with Crippen molar-refractivity contribution in [1.29, 1.82) is 0 Å². The van der Waals surface area contributed by atoms with E-state index in [1.54, 1.807) is 14.2 Å². The number of methoxy groups -OCH3 is 2. The normalized spacial score (nSPS) is 9.89. The third kappa shape index (κ3) is 5.06. The first-order chi connectivity index (χ1) is 13.2. The number of halogens is 1. The van der Waals surface area contributed by atoms with Crippen molar-refractivity contribution in [2.75, 3.05) is 14.2 Å². The molecule has 0 aromatic heterocycles. The minimum atomic E-state index is 0.472. The monoisotopic (exact) mass is 422 g/mol. The lowest BCUT2D eigenvalue weighted by atomic mass is 10.1. The number of rotatable bonds is 5. The minimum Gasteiger partial charge on any atom is -0.496 e. The summed E-state index contributed by atoms with van der Waals surface area (Å²) in [4.78, 5) is 0. The van der Waals surface area contributed by atoms with Gasteiger partial charge in [-0.1, -0.05) is 42.2 Å². The molecule has 27 heavy (non-hydrogen) atoms. The summed E-state index contributed by atoms with van der Waals surface area (Å²) in [5.41, 5.74) is 2.84. The Balaban J connectivity index is 1.80. The van der Waals surface area contributed by atoms with Crippen molar-refractivity contribution in [3.63, 3.8) is 0 Å². The van der Waals surface area contributed by atoms with Crippen molar-refractivity contribution in [3.8, 4) is 29.1 Å². The largest absolute Gasteiger partial charge is 0.496 e. The molecular formula is C23H19BrO3. The van der Waals surface area contributed by atoms with E-state index in [1.807, 2.05) is 66.7 Å². The lowest BCUT2D eigenvalue weighted by Gasteiger charge is -2.11. The Morgan fingerprint density at radius 1 is 0.741 bits per heavy atom. The first-order valence-electron chi connectivity index (χ1n) is 8.40. The van der Waals surface area contributed by atoms with Crippen molar-refractivity contribution in [2.45, 2.75) is 6.61 Å². The second kappa shape index (κ2) is 9.16. The lowest BCUT2D eigenvalue weighted by molar-refractivity contribution is 0.284. The molecule has 0 fully saturated rings. The molecule has 3 rings (SSSR count). The van der Waals surface area contributed by atoms with Gasteiger partial charge >= 0.3 is 0 Å². The second-order valence-electron chi connectivity index (χ2n) is 5.74. The molecule has 3 aromatic carbocycles. The van der Waals surface area contributed by atoms with Gasteiger partial charge in [0, 0.05) is 11.1 Å². The molecule has 0 bridgehead atoms. The van der Waals surface area contributed by atoms with Crippen LogP contribution in [0.4, 0.5) is 0 Å². The number of ether oxygens (including phenoxy) is 3. The fourth-order valence-corrected chi connectivity index (χ4v) is 3.03. The highest BCUT2D eigenvalue weighted by Crippen LogP contribution is 2.29. The van der Waals surface area contributed by atoms with E-state index in [1.165, 1.54) is 0 Å². The van der Waals surface area contributed by atoms with E-state index in [-0.39, 0.29) is 0 Å². The summed E-state index contributed by atoms with van der Waals surface area (Å²) < 4.78 is 17.5. The van der Waals surface area contributed by atoms with Crippen LogP contribution in [0, 0.1) is 11.8 Å². The van der Waals surface area contributed by atoms with Crippen LogP contribution in [0.1, 0.15) is 16.7 Å². The highest BCUT2D eigenvalue weighted by atomic mass is 79.9. The quantitative estimate of drug-likeness (QED) is 0.511. The molecule has 0 radical (unpaired) electrons. The van der Waals surface area contributed by atoms with E-state index >= 15 is 0 Å². The van der Waals surface area contributed by atoms with Crippen LogP contribution in [0.25, 0.3) is 0 Å². The maximum atomic E-state index is 5.94. The smallest absolute Gasteiger partial charge is 0.162 e. The Bertz CT molecular complexity index is 972. The molecule has 0 N–H and O–H groups in total. The maximum Gasteiger partial charge on any atom is 0.162 e. The predicted molar refractivity (Wildman–Crippen MR) is 110 cm³/mol. The van der Waals surface area contributed by atoms with E-state index in [4.69, 9.17) is 14.2 Å². The van der Waals surface area contributed by atoms with Gasteiger partial charge in [0.25, 0.3) is 0 Å². The molecule has 3 nitrogen and oxygen atoms in total. The molecule has 136 valence electrons. The van der Waals surface area contributed by atoms with E-state index in [0.717, 1.165) is 26.9 Å². The highest BCUT2D eigenvalue weighted by molar-refractivity contribution is 9.10. The SMILES string of the molecule is COc1ccc(C#Cc2ccc(OC)c(OCc3ccccc3)c2)cc1Br. The molecule has 0 amide bonds. The Morgan fingerprint density at radius 3 is 2.00 bits per heavy atom. The van der Waals surface area contributed by atoms with E-state index in [9.17, 15) is 0 Å². The standard InChI is InChI=1S/C23H19BrO3/c1-25-21-12-10-17(14-20(21)24)8-9-18-11-13-22(26-2)23(15-18)27-16-19-6-4-3-5-7-19/h3-7,10-15H,16H2,1-2H3. The van der Waals surface area contributed by atoms with Gasteiger partial charge in [-0.25, -0.2) is 0 Å². The summed E-state index contributed by atoms with van der Waals surface area (Å²) in [6.45, 7) is 0.472. The van der Waals surface area contributed by atoms with Gasteiger partial charge in [0.05, 0.1) is 18.7 Å². The van der Waals surface area contributed by atoms with Crippen molar-refractivity contribution in [1.82, 2.24) is 0 Å². The molecule has 0 aliphatic heterocycles. The van der Waals surface area contributed by atoms with Crippen LogP contribution in [-0.2, 0) is 6.61 Å². The first-order valence-corrected chi connectivity index (χ1v) is 9.19. The van der Waals surface area contributed by atoms with Crippen LogP contribution in [0.5, 0.6) is 17.2 Å². The third-order valence-corrected chi connectivity index (χ3v) is 4.52. The van der Waals surface area contributed by atoms with E-state index in [0.29, 0.717) is 18.1 Å². The topological polar surface area (TPSA) is 27.7 Å². The van der Waals surface area contributed by atoms with Crippen molar-refractivity contribution in [2.24, 2.45) is 0 Å². The third-order valence-electron chi connectivity index (χ3n) is 3.90. The lowest BCUT2D eigenvalue weighted by Crippen LogP contribution is -1.98. The van der Waals surface area contributed by atoms with Crippen LogP contribution < -0.4 is 14.2 Å². The van der Waals surface area contributed by atoms with Gasteiger partial charge in [-0.15, -0.1) is 0 Å². The van der Waals surface area contributed by atoms with Crippen molar-refractivity contribution < 1.29 is 14.2 Å². The summed E-state index contributed by atoms with van der Waals surface area (Å²) in [6.07, 6.45) is 0. The molecule has 0 unspecified atom stereocenters. The van der Waals surface area contributed by atoms with Gasteiger partial charge in [-0.2, -0.15) is 0 Å². The van der Waals surface area contributed by atoms with E-state index < -0.39 is 0 Å². The zero-order chi connectivity index (χ0) is 19.1. The Labute approximate surface area is 168 Å². The van der Waals surface area contributed by atoms with Gasteiger partial charge in [-0.05, 0) is 57.9 Å². The summed E-state index contributed by atoms with van der Waals surface area (Å²) in [5.74, 6) is 8.46. The number of hydrogen-bond acceptors (Lipinski definition) is 3. The van der Waals surface area contributed by atoms with Gasteiger partial charge in [0.1, 0.15) is 12.4 Å². The zero-order valence-corrected chi connectivity index (χ0v) is 16.7. The van der Waals surface area contributed by atoms with Gasteiger partial charge < -0.3 is 14.2 Å². The molecular weight excluding hydrogens is 404 g/mol. The first kappa shape index (κ1) is 18.9. The van der Waals surface area contributed by atoms with Crippen LogP contribution in [0.3, 0.4) is 0 Å². The number of hydrogen-bond donors (Lipinski definition) is 0. The number of benzene rings is 3. The van der Waals surface area contributed by atoms with Crippen LogP contribution >= 0.6 is 15.9 Å². The average Bonchev–Trinajstić information content (AvgIpc) is 2.71. The molecule has 0 saturated carbocycles. The molecule has 4 heteroatoms. The molecule has 0 spiro atoms. The molecule has 3 aromatic rings. The summed E-state index contributed by atoms with van der Waals surface area (Å²) >= 11 is 3.48. The molecule has 0 heterocycles. The van der Waals surface area contributed by atoms with Gasteiger partial charge in [-0.3, -0.25) is 0 Å². The Hall–Kier alpha value is -2.90. The summed E-state index contributed by atoms with van der Waals surface area (Å²) in [5, 5.41) is 0. The molecule has 0 aliphatic rings. The van der Waals surface area contributed by atoms with Gasteiger partial charge in [0.2, 0.25) is 0 Å². The zero-order valence-electron chi connectivity index (χ0n) is 15.2. The minimum absolute atomic E-state index is 0.472. The van der Waals surface area contributed by atoms with Crippen LogP contribution in [0.2, 0.25) is 0 Å². The van der Waals surface area contributed by atoms with Crippen LogP contribution in [-0.4, -0.2) is 14.2 Å². The summed E-state index contributed by atoms with van der Waals surface area (Å²) in [7, 11) is 3.27. The predicted octanol–water partition coefficient (Wildman–Crippen LogP) is 5.45. The highest BCUT2D eigenvalue weighted by Gasteiger charge is 2.06. The van der Waals surface area contributed by atoms with Crippen molar-refractivity contribution >= 4 is 15.9 Å². The fraction of sp³-hybridized carbons (Fsp3) is 0.130. The second-order valence-corrected chi connectivity index (χ2v) is 6.59. The van der Waals surface area contributed by atoms with E-state index in [2.05, 4.69) is 27.8 Å². The molecule has 0 aliphatic carbocycles. The Morgan fingerprint density at radius 2 is 1.37 bits per heavy atom. The molecule has 0 saturated heterocycles. The van der Waals surface area contributed by atoms with Gasteiger partial charge in [0.15, 0.2) is 11.5 Å². The van der Waals surface area contributed by atoms with Crippen molar-refractivity contribution in [3.05, 3.63) is 87.9 Å². The fourth-order valence-electron chi connectivity index (χ4n) is 2.49. The molecule has 0 atom stereocenters. The Kier molecular flexibility index (Phi) is 6.40.